The average molecular weight is 347 g/mol. The Kier molecular flexibility index (Phi) is 19.8. The van der Waals surface area contributed by atoms with Crippen LogP contribution in [0.4, 0.5) is 0 Å². The highest BCUT2D eigenvalue weighted by atomic mass is 16.6. The largest absolute Gasteiger partial charge is 0.379 e. The van der Waals surface area contributed by atoms with E-state index in [0.717, 1.165) is 25.9 Å². The molecule has 0 rings (SSSR count). The van der Waals surface area contributed by atoms with Gasteiger partial charge < -0.3 is 24.3 Å². The summed E-state index contributed by atoms with van der Waals surface area (Å²) in [6, 6.07) is 0. The van der Waals surface area contributed by atoms with E-state index in [-0.39, 0.29) is 5.91 Å². The number of hydrogen-bond acceptors (Lipinski definition) is 5. The van der Waals surface area contributed by atoms with Gasteiger partial charge in [0.25, 0.3) is 0 Å². The summed E-state index contributed by atoms with van der Waals surface area (Å²) in [5.74, 6) is 0.117. The van der Waals surface area contributed by atoms with Crippen LogP contribution in [0.2, 0.25) is 0 Å². The first kappa shape index (κ1) is 23.3. The van der Waals surface area contributed by atoms with Crippen LogP contribution in [0.15, 0.2) is 0 Å². The highest BCUT2D eigenvalue weighted by Gasteiger charge is 2.00. The van der Waals surface area contributed by atoms with Crippen LogP contribution in [0.25, 0.3) is 0 Å². The lowest BCUT2D eigenvalue weighted by Crippen LogP contribution is -2.27. The molecule has 6 nitrogen and oxygen atoms in total. The number of unbranched alkanes of at least 4 members (excludes halogenated alkanes) is 3. The van der Waals surface area contributed by atoms with Crippen molar-refractivity contribution in [1.29, 1.82) is 0 Å². The molecule has 6 heteroatoms. The molecule has 144 valence electrons. The third-order valence-corrected chi connectivity index (χ3v) is 3.29. The van der Waals surface area contributed by atoms with E-state index < -0.39 is 0 Å². The lowest BCUT2D eigenvalue weighted by molar-refractivity contribution is -0.121. The SMILES string of the molecule is CCCCCCC(=O)NCCOCCOCCOCCOCCC. The van der Waals surface area contributed by atoms with Gasteiger partial charge in [0.2, 0.25) is 5.91 Å². The molecule has 0 saturated carbocycles. The van der Waals surface area contributed by atoms with Gasteiger partial charge in [0.1, 0.15) is 0 Å². The van der Waals surface area contributed by atoms with Crippen molar-refractivity contribution < 1.29 is 23.7 Å². The van der Waals surface area contributed by atoms with Gasteiger partial charge in [0.05, 0.1) is 46.2 Å². The monoisotopic (exact) mass is 347 g/mol. The number of nitrogens with one attached hydrogen (secondary N) is 1. The third kappa shape index (κ3) is 19.4. The maximum atomic E-state index is 11.5. The number of hydrogen-bond donors (Lipinski definition) is 1. The molecule has 0 aliphatic heterocycles. The van der Waals surface area contributed by atoms with E-state index in [1.54, 1.807) is 0 Å². The van der Waals surface area contributed by atoms with Crippen molar-refractivity contribution in [3.8, 4) is 0 Å². The van der Waals surface area contributed by atoms with Crippen LogP contribution in [-0.2, 0) is 23.7 Å². The van der Waals surface area contributed by atoms with E-state index in [2.05, 4.69) is 19.2 Å². The first-order valence-corrected chi connectivity index (χ1v) is 9.38. The number of rotatable bonds is 19. The molecular weight excluding hydrogens is 310 g/mol. The summed E-state index contributed by atoms with van der Waals surface area (Å²) in [6.07, 6.45) is 6.15. The molecule has 0 spiro atoms. The van der Waals surface area contributed by atoms with Crippen molar-refractivity contribution in [3.05, 3.63) is 0 Å². The summed E-state index contributed by atoms with van der Waals surface area (Å²) in [7, 11) is 0. The Bertz CT molecular complexity index is 264. The maximum Gasteiger partial charge on any atom is 0.220 e. The molecule has 0 aliphatic carbocycles. The first-order chi connectivity index (χ1) is 11.8. The Morgan fingerprint density at radius 2 is 1.21 bits per heavy atom. The van der Waals surface area contributed by atoms with Crippen molar-refractivity contribution in [1.82, 2.24) is 5.32 Å². The molecule has 0 fully saturated rings. The molecule has 0 bridgehead atoms. The van der Waals surface area contributed by atoms with E-state index in [1.165, 1.54) is 12.8 Å². The molecule has 0 aromatic rings. The van der Waals surface area contributed by atoms with E-state index in [4.69, 9.17) is 18.9 Å². The second-order valence-corrected chi connectivity index (χ2v) is 5.61. The summed E-state index contributed by atoms with van der Waals surface area (Å²) in [4.78, 5) is 11.5. The highest BCUT2D eigenvalue weighted by Crippen LogP contribution is 2.01. The first-order valence-electron chi connectivity index (χ1n) is 9.38. The van der Waals surface area contributed by atoms with Gasteiger partial charge >= 0.3 is 0 Å². The minimum Gasteiger partial charge on any atom is -0.379 e. The molecule has 0 aliphatic rings. The van der Waals surface area contributed by atoms with Crippen LogP contribution in [0.5, 0.6) is 0 Å². The molecule has 24 heavy (non-hydrogen) atoms. The van der Waals surface area contributed by atoms with Crippen molar-refractivity contribution in [3.63, 3.8) is 0 Å². The van der Waals surface area contributed by atoms with Crippen molar-refractivity contribution in [2.24, 2.45) is 0 Å². The molecule has 0 saturated heterocycles. The Hall–Kier alpha value is -0.690. The van der Waals surface area contributed by atoms with E-state index in [1.807, 2.05) is 0 Å². The van der Waals surface area contributed by atoms with Crippen LogP contribution in [0.3, 0.4) is 0 Å². The third-order valence-electron chi connectivity index (χ3n) is 3.29. The van der Waals surface area contributed by atoms with Crippen LogP contribution >= 0.6 is 0 Å². The molecule has 0 aromatic carbocycles. The quantitative estimate of drug-likeness (QED) is 0.364. The van der Waals surface area contributed by atoms with Gasteiger partial charge in [0.15, 0.2) is 0 Å². The van der Waals surface area contributed by atoms with Crippen LogP contribution < -0.4 is 5.32 Å². The average Bonchev–Trinajstić information content (AvgIpc) is 2.59. The van der Waals surface area contributed by atoms with Crippen LogP contribution in [0.1, 0.15) is 52.4 Å². The van der Waals surface area contributed by atoms with E-state index in [9.17, 15) is 4.79 Å². The highest BCUT2D eigenvalue weighted by molar-refractivity contribution is 5.75. The summed E-state index contributed by atoms with van der Waals surface area (Å²) < 4.78 is 21.4. The molecule has 0 aromatic heterocycles. The van der Waals surface area contributed by atoms with E-state index in [0.29, 0.717) is 59.2 Å². The molecule has 0 radical (unpaired) electrons. The minimum atomic E-state index is 0.117. The van der Waals surface area contributed by atoms with Gasteiger partial charge in [0, 0.05) is 19.6 Å². The fourth-order valence-electron chi connectivity index (χ4n) is 1.97. The van der Waals surface area contributed by atoms with Crippen LogP contribution in [0, 0.1) is 0 Å². The lowest BCUT2D eigenvalue weighted by Gasteiger charge is -2.08. The second-order valence-electron chi connectivity index (χ2n) is 5.61. The minimum absolute atomic E-state index is 0.117. The van der Waals surface area contributed by atoms with Gasteiger partial charge in [-0.3, -0.25) is 4.79 Å². The fraction of sp³-hybridized carbons (Fsp3) is 0.944. The predicted octanol–water partition coefficient (Wildman–Crippen LogP) is 2.55. The van der Waals surface area contributed by atoms with Gasteiger partial charge in [-0.2, -0.15) is 0 Å². The Balaban J connectivity index is 3.08. The Morgan fingerprint density at radius 1 is 0.667 bits per heavy atom. The molecule has 1 N–H and O–H groups in total. The maximum absolute atomic E-state index is 11.5. The number of carbonyl (C=O) groups is 1. The van der Waals surface area contributed by atoms with Crippen LogP contribution in [-0.4, -0.2) is 65.3 Å². The molecule has 0 atom stereocenters. The molecular formula is C18H37NO5. The van der Waals surface area contributed by atoms with E-state index >= 15 is 0 Å². The smallest absolute Gasteiger partial charge is 0.220 e. The number of ether oxygens (including phenoxy) is 4. The summed E-state index contributed by atoms with van der Waals surface area (Å²) in [5.41, 5.74) is 0. The number of carbonyl (C=O) groups excluding carboxylic acids is 1. The standard InChI is InChI=1S/C18H37NO5/c1-3-5-6-7-8-18(20)19-9-11-22-13-15-24-17-16-23-14-12-21-10-4-2/h3-17H2,1-2H3,(H,19,20). The Morgan fingerprint density at radius 3 is 1.75 bits per heavy atom. The number of amides is 1. The summed E-state index contributed by atoms with van der Waals surface area (Å²) in [5, 5.41) is 2.86. The zero-order chi connectivity index (χ0) is 17.7. The Labute approximate surface area is 147 Å². The van der Waals surface area contributed by atoms with Gasteiger partial charge in [-0.05, 0) is 12.8 Å². The van der Waals surface area contributed by atoms with Crippen molar-refractivity contribution in [2.75, 3.05) is 59.4 Å². The van der Waals surface area contributed by atoms with Gasteiger partial charge in [-0.25, -0.2) is 0 Å². The lowest BCUT2D eigenvalue weighted by atomic mass is 10.1. The predicted molar refractivity (Wildman–Crippen MR) is 95.3 cm³/mol. The van der Waals surface area contributed by atoms with Gasteiger partial charge in [-0.1, -0.05) is 33.1 Å². The summed E-state index contributed by atoms with van der Waals surface area (Å²) >= 11 is 0. The second kappa shape index (κ2) is 20.4. The van der Waals surface area contributed by atoms with Crippen molar-refractivity contribution >= 4 is 5.91 Å². The molecule has 0 heterocycles. The zero-order valence-corrected chi connectivity index (χ0v) is 15.6. The van der Waals surface area contributed by atoms with Crippen molar-refractivity contribution in [2.45, 2.75) is 52.4 Å². The topological polar surface area (TPSA) is 66.0 Å². The molecule has 1 amide bonds. The summed E-state index contributed by atoms with van der Waals surface area (Å²) in [6.45, 7) is 9.58. The fourth-order valence-corrected chi connectivity index (χ4v) is 1.97. The molecule has 0 unspecified atom stereocenters. The zero-order valence-electron chi connectivity index (χ0n) is 15.6. The normalized spacial score (nSPS) is 10.9. The van der Waals surface area contributed by atoms with Gasteiger partial charge in [-0.15, -0.1) is 0 Å².